The highest BCUT2D eigenvalue weighted by atomic mass is 16.3. The van der Waals surface area contributed by atoms with Crippen LogP contribution in [-0.2, 0) is 7.05 Å². The van der Waals surface area contributed by atoms with E-state index in [1.54, 1.807) is 6.33 Å². The van der Waals surface area contributed by atoms with Crippen molar-refractivity contribution in [2.24, 2.45) is 13.0 Å². The van der Waals surface area contributed by atoms with Crippen molar-refractivity contribution in [1.82, 2.24) is 14.9 Å². The van der Waals surface area contributed by atoms with Crippen LogP contribution in [0.1, 0.15) is 25.5 Å². The minimum absolute atomic E-state index is 0.0474. The number of likely N-dealkylation sites (N-methyl/N-ethyl adjacent to an activating group) is 1. The molecule has 1 aromatic heterocycles. The van der Waals surface area contributed by atoms with E-state index >= 15 is 0 Å². The van der Waals surface area contributed by atoms with Gasteiger partial charge >= 0.3 is 0 Å². The van der Waals surface area contributed by atoms with E-state index in [-0.39, 0.29) is 6.04 Å². The molecule has 2 rings (SSSR count). The lowest BCUT2D eigenvalue weighted by Gasteiger charge is -2.26. The molecule has 98 valence electrons. The van der Waals surface area contributed by atoms with E-state index < -0.39 is 6.10 Å². The van der Waals surface area contributed by atoms with Gasteiger partial charge < -0.3 is 15.0 Å². The molecule has 2 N–H and O–H groups in total. The number of hydrogen-bond donors (Lipinski definition) is 2. The van der Waals surface area contributed by atoms with Crippen molar-refractivity contribution in [2.75, 3.05) is 7.05 Å². The molecule has 0 aliphatic heterocycles. The predicted octanol–water partition coefficient (Wildman–Crippen LogP) is 1.85. The van der Waals surface area contributed by atoms with Crippen LogP contribution in [0.25, 0.3) is 11.0 Å². The van der Waals surface area contributed by atoms with Crippen molar-refractivity contribution in [3.05, 3.63) is 30.1 Å². The van der Waals surface area contributed by atoms with Crippen LogP contribution in [0.3, 0.4) is 0 Å². The number of nitrogens with zero attached hydrogens (tertiary/aromatic N) is 2. The van der Waals surface area contributed by atoms with Gasteiger partial charge in [0.25, 0.3) is 0 Å². The van der Waals surface area contributed by atoms with Crippen LogP contribution in [0.2, 0.25) is 0 Å². The summed E-state index contributed by atoms with van der Waals surface area (Å²) in [6, 6.07) is 5.99. The smallest absolute Gasteiger partial charge is 0.0955 e. The summed E-state index contributed by atoms with van der Waals surface area (Å²) < 4.78 is 1.98. The Kier molecular flexibility index (Phi) is 3.68. The molecular weight excluding hydrogens is 226 g/mol. The van der Waals surface area contributed by atoms with E-state index in [1.807, 2.05) is 36.9 Å². The van der Waals surface area contributed by atoms with Gasteiger partial charge in [0.15, 0.2) is 0 Å². The number of aliphatic hydroxyl groups excluding tert-OH is 1. The number of nitrogens with one attached hydrogen (secondary N) is 1. The Morgan fingerprint density at radius 2 is 2.06 bits per heavy atom. The van der Waals surface area contributed by atoms with Gasteiger partial charge in [0.2, 0.25) is 0 Å². The molecule has 2 unspecified atom stereocenters. The summed E-state index contributed by atoms with van der Waals surface area (Å²) >= 11 is 0. The third kappa shape index (κ3) is 2.26. The number of aromatic nitrogens is 2. The van der Waals surface area contributed by atoms with E-state index in [9.17, 15) is 5.11 Å². The zero-order chi connectivity index (χ0) is 13.3. The topological polar surface area (TPSA) is 50.1 Å². The summed E-state index contributed by atoms with van der Waals surface area (Å²) in [6.45, 7) is 4.20. The minimum atomic E-state index is -0.513. The number of benzene rings is 1. The first-order chi connectivity index (χ1) is 8.54. The average molecular weight is 247 g/mol. The molecule has 4 heteroatoms. The third-order valence-electron chi connectivity index (χ3n) is 3.48. The van der Waals surface area contributed by atoms with Gasteiger partial charge in [-0.3, -0.25) is 0 Å². The minimum Gasteiger partial charge on any atom is -0.387 e. The van der Waals surface area contributed by atoms with E-state index in [4.69, 9.17) is 0 Å². The number of imidazole rings is 1. The standard InChI is InChI=1S/C14H21N3O/c1-9(2)13(15-3)14(18)10-5-6-12-11(7-10)16-8-17(12)4/h5-9,13-15,18H,1-4H3. The summed E-state index contributed by atoms with van der Waals surface area (Å²) in [7, 11) is 3.85. The van der Waals surface area contributed by atoms with Crippen molar-refractivity contribution < 1.29 is 5.11 Å². The fourth-order valence-corrected chi connectivity index (χ4v) is 2.40. The molecule has 0 spiro atoms. The van der Waals surface area contributed by atoms with Gasteiger partial charge in [-0.2, -0.15) is 0 Å². The normalized spacial score (nSPS) is 15.2. The van der Waals surface area contributed by atoms with Gasteiger partial charge in [0, 0.05) is 13.1 Å². The van der Waals surface area contributed by atoms with Crippen LogP contribution in [0, 0.1) is 5.92 Å². The molecule has 2 aromatic rings. The Labute approximate surface area is 108 Å². The van der Waals surface area contributed by atoms with Crippen LogP contribution < -0.4 is 5.32 Å². The second kappa shape index (κ2) is 5.08. The number of rotatable bonds is 4. The maximum Gasteiger partial charge on any atom is 0.0955 e. The van der Waals surface area contributed by atoms with Gasteiger partial charge in [0.1, 0.15) is 0 Å². The Hall–Kier alpha value is -1.39. The number of aryl methyl sites for hydroxylation is 1. The molecule has 0 bridgehead atoms. The highest BCUT2D eigenvalue weighted by Gasteiger charge is 2.22. The molecule has 0 radical (unpaired) electrons. The van der Waals surface area contributed by atoms with E-state index in [2.05, 4.69) is 24.1 Å². The first-order valence-electron chi connectivity index (χ1n) is 6.31. The lowest BCUT2D eigenvalue weighted by molar-refractivity contribution is 0.110. The highest BCUT2D eigenvalue weighted by molar-refractivity contribution is 5.76. The van der Waals surface area contributed by atoms with Crippen LogP contribution in [0.15, 0.2) is 24.5 Å². The predicted molar refractivity (Wildman–Crippen MR) is 73.4 cm³/mol. The molecule has 4 nitrogen and oxygen atoms in total. The highest BCUT2D eigenvalue weighted by Crippen LogP contribution is 2.24. The molecule has 0 amide bonds. The Morgan fingerprint density at radius 3 is 2.67 bits per heavy atom. The maximum atomic E-state index is 10.4. The molecule has 1 heterocycles. The van der Waals surface area contributed by atoms with Crippen molar-refractivity contribution in [2.45, 2.75) is 26.0 Å². The average Bonchev–Trinajstić information content (AvgIpc) is 2.71. The molecule has 18 heavy (non-hydrogen) atoms. The molecule has 1 aromatic carbocycles. The van der Waals surface area contributed by atoms with Crippen LogP contribution >= 0.6 is 0 Å². The maximum absolute atomic E-state index is 10.4. The zero-order valence-corrected chi connectivity index (χ0v) is 11.4. The summed E-state index contributed by atoms with van der Waals surface area (Å²) in [5, 5.41) is 13.6. The Balaban J connectivity index is 2.35. The van der Waals surface area contributed by atoms with Gasteiger partial charge in [-0.1, -0.05) is 19.9 Å². The first kappa shape index (κ1) is 13.1. The summed E-state index contributed by atoms with van der Waals surface area (Å²) in [5.74, 6) is 0.365. The molecule has 0 saturated heterocycles. The van der Waals surface area contributed by atoms with Crippen molar-refractivity contribution in [1.29, 1.82) is 0 Å². The molecule has 0 saturated carbocycles. The quantitative estimate of drug-likeness (QED) is 0.867. The number of fused-ring (bicyclic) bond motifs is 1. The lowest BCUT2D eigenvalue weighted by atomic mass is 9.93. The van der Waals surface area contributed by atoms with Crippen molar-refractivity contribution in [3.63, 3.8) is 0 Å². The van der Waals surface area contributed by atoms with Crippen molar-refractivity contribution in [3.8, 4) is 0 Å². The van der Waals surface area contributed by atoms with Gasteiger partial charge in [-0.25, -0.2) is 4.98 Å². The molecule has 2 atom stereocenters. The zero-order valence-electron chi connectivity index (χ0n) is 11.4. The third-order valence-corrected chi connectivity index (χ3v) is 3.48. The van der Waals surface area contributed by atoms with Gasteiger partial charge in [-0.05, 0) is 30.7 Å². The van der Waals surface area contributed by atoms with Crippen LogP contribution in [0.5, 0.6) is 0 Å². The van der Waals surface area contributed by atoms with Crippen LogP contribution in [-0.4, -0.2) is 27.7 Å². The lowest BCUT2D eigenvalue weighted by Crippen LogP contribution is -2.36. The van der Waals surface area contributed by atoms with Gasteiger partial charge in [0.05, 0.1) is 23.5 Å². The summed E-state index contributed by atoms with van der Waals surface area (Å²) in [6.07, 6.45) is 1.28. The second-order valence-corrected chi connectivity index (χ2v) is 5.11. The van der Waals surface area contributed by atoms with E-state index in [0.717, 1.165) is 16.6 Å². The summed E-state index contributed by atoms with van der Waals surface area (Å²) in [5.41, 5.74) is 2.92. The molecular formula is C14H21N3O. The fourth-order valence-electron chi connectivity index (χ4n) is 2.40. The van der Waals surface area contributed by atoms with Crippen molar-refractivity contribution >= 4 is 11.0 Å². The number of hydrogen-bond acceptors (Lipinski definition) is 3. The SMILES string of the molecule is CNC(C(C)C)C(O)c1ccc2c(c1)ncn2C. The fraction of sp³-hybridized carbons (Fsp3) is 0.500. The second-order valence-electron chi connectivity index (χ2n) is 5.11. The van der Waals surface area contributed by atoms with Crippen LogP contribution in [0.4, 0.5) is 0 Å². The van der Waals surface area contributed by atoms with Gasteiger partial charge in [-0.15, -0.1) is 0 Å². The molecule has 0 fully saturated rings. The summed E-state index contributed by atoms with van der Waals surface area (Å²) in [4.78, 5) is 4.32. The molecule has 0 aliphatic carbocycles. The van der Waals surface area contributed by atoms with E-state index in [1.165, 1.54) is 0 Å². The Bertz CT molecular complexity index is 533. The molecule has 0 aliphatic rings. The van der Waals surface area contributed by atoms with E-state index in [0.29, 0.717) is 5.92 Å². The monoisotopic (exact) mass is 247 g/mol. The Morgan fingerprint density at radius 1 is 1.33 bits per heavy atom. The number of aliphatic hydroxyl groups is 1. The first-order valence-corrected chi connectivity index (χ1v) is 6.31. The largest absolute Gasteiger partial charge is 0.387 e.